The van der Waals surface area contributed by atoms with Crippen LogP contribution >= 0.6 is 0 Å². The highest BCUT2D eigenvalue weighted by Crippen LogP contribution is 2.32. The largest absolute Gasteiger partial charge is 0.483 e. The number of nitrogens with zero attached hydrogens (tertiary/aromatic N) is 6. The van der Waals surface area contributed by atoms with Gasteiger partial charge >= 0.3 is 12.0 Å². The lowest BCUT2D eigenvalue weighted by molar-refractivity contribution is 0.0256. The minimum absolute atomic E-state index is 0.0330. The first-order chi connectivity index (χ1) is 17.6. The highest BCUT2D eigenvalue weighted by molar-refractivity contribution is 5.90. The van der Waals surface area contributed by atoms with E-state index in [-0.39, 0.29) is 35.9 Å². The van der Waals surface area contributed by atoms with E-state index < -0.39 is 41.6 Å². The maximum atomic E-state index is 14.4. The maximum Gasteiger partial charge on any atom is 0.341 e. The van der Waals surface area contributed by atoms with Crippen LogP contribution in [0.4, 0.5) is 18.0 Å². The number of carboxylic acids is 1. The lowest BCUT2D eigenvalue weighted by atomic mass is 10.0. The number of aryl methyl sites for hydroxylation is 1. The summed E-state index contributed by atoms with van der Waals surface area (Å²) in [7, 11) is 0. The van der Waals surface area contributed by atoms with Crippen molar-refractivity contribution in [2.45, 2.75) is 32.4 Å². The van der Waals surface area contributed by atoms with Crippen LogP contribution in [0, 0.1) is 31.3 Å². The monoisotopic (exact) mass is 514 g/mol. The molecule has 3 aromatic rings. The van der Waals surface area contributed by atoms with Crippen LogP contribution in [0.1, 0.15) is 39.8 Å². The van der Waals surface area contributed by atoms with Crippen molar-refractivity contribution in [1.29, 1.82) is 0 Å². The predicted octanol–water partition coefficient (Wildman–Crippen LogP) is 3.62. The first kappa shape index (κ1) is 24.3. The standard InChI is InChI=1S/C24H21F3N6O4/c1-12-22(23(34)35)13(2)32(30-12)21-8-20(18(27)9-28-21)37-17-10-31(11-17)24(36)33-19(3-4-29-33)14-5-15(25)7-16(26)6-14/h4-9,17,19H,3,10-11H2,1-2H3,(H,34,35). The molecule has 4 heterocycles. The van der Waals surface area contributed by atoms with Crippen molar-refractivity contribution in [3.8, 4) is 11.6 Å². The number of aromatic nitrogens is 3. The van der Waals surface area contributed by atoms with Gasteiger partial charge in [0.15, 0.2) is 17.4 Å². The summed E-state index contributed by atoms with van der Waals surface area (Å²) in [6.07, 6.45) is 2.23. The fourth-order valence-electron chi connectivity index (χ4n) is 4.43. The molecule has 2 aliphatic rings. The summed E-state index contributed by atoms with van der Waals surface area (Å²) >= 11 is 0. The number of rotatable bonds is 5. The third-order valence-electron chi connectivity index (χ3n) is 6.24. The number of aromatic carboxylic acids is 1. The zero-order valence-corrected chi connectivity index (χ0v) is 19.7. The van der Waals surface area contributed by atoms with Gasteiger partial charge in [-0.1, -0.05) is 0 Å². The number of benzene rings is 1. The molecule has 1 unspecified atom stereocenters. The molecule has 2 aliphatic heterocycles. The number of carbonyl (C=O) groups is 2. The van der Waals surface area contributed by atoms with Gasteiger partial charge in [0.2, 0.25) is 0 Å². The number of urea groups is 1. The fourth-order valence-corrected chi connectivity index (χ4v) is 4.43. The van der Waals surface area contributed by atoms with Crippen LogP contribution in [0.3, 0.4) is 0 Å². The summed E-state index contributed by atoms with van der Waals surface area (Å²) in [4.78, 5) is 29.9. The molecular weight excluding hydrogens is 493 g/mol. The molecule has 192 valence electrons. The first-order valence-corrected chi connectivity index (χ1v) is 11.3. The second kappa shape index (κ2) is 9.22. The number of carboxylic acid groups (broad SMARTS) is 1. The lowest BCUT2D eigenvalue weighted by Crippen LogP contribution is -2.58. The highest BCUT2D eigenvalue weighted by atomic mass is 19.1. The van der Waals surface area contributed by atoms with Crippen molar-refractivity contribution in [3.05, 3.63) is 70.4 Å². The quantitative estimate of drug-likeness (QED) is 0.557. The Morgan fingerprint density at radius 2 is 1.78 bits per heavy atom. The Bertz CT molecular complexity index is 1420. The molecule has 10 nitrogen and oxygen atoms in total. The number of amides is 2. The highest BCUT2D eigenvalue weighted by Gasteiger charge is 2.39. The van der Waals surface area contributed by atoms with E-state index in [1.54, 1.807) is 13.8 Å². The minimum atomic E-state index is -1.13. The van der Waals surface area contributed by atoms with Gasteiger partial charge in [-0.3, -0.25) is 0 Å². The van der Waals surface area contributed by atoms with E-state index in [1.807, 2.05) is 0 Å². The summed E-state index contributed by atoms with van der Waals surface area (Å²) in [5.41, 5.74) is 0.939. The van der Waals surface area contributed by atoms with Crippen LogP contribution in [0.5, 0.6) is 5.75 Å². The molecule has 0 bridgehead atoms. The summed E-state index contributed by atoms with van der Waals surface area (Å²) in [6.45, 7) is 3.38. The molecule has 1 atom stereocenters. The lowest BCUT2D eigenvalue weighted by Gasteiger charge is -2.41. The van der Waals surface area contributed by atoms with Crippen LogP contribution < -0.4 is 4.74 Å². The summed E-state index contributed by atoms with van der Waals surface area (Å²) in [5.74, 6) is -3.31. The Kier molecular flexibility index (Phi) is 6.05. The molecule has 1 N–H and O–H groups in total. The Hall–Kier alpha value is -4.42. The smallest absolute Gasteiger partial charge is 0.341 e. The molecule has 1 aromatic carbocycles. The van der Waals surface area contributed by atoms with Crippen LogP contribution in [0.15, 0.2) is 35.6 Å². The van der Waals surface area contributed by atoms with Crippen molar-refractivity contribution >= 4 is 18.2 Å². The van der Waals surface area contributed by atoms with E-state index >= 15 is 0 Å². The molecule has 5 rings (SSSR count). The van der Waals surface area contributed by atoms with E-state index in [9.17, 15) is 27.9 Å². The number of hydrogen-bond donors (Lipinski definition) is 1. The molecule has 13 heteroatoms. The van der Waals surface area contributed by atoms with E-state index in [4.69, 9.17) is 4.74 Å². The number of halogens is 3. The first-order valence-electron chi connectivity index (χ1n) is 11.3. The van der Waals surface area contributed by atoms with Crippen molar-refractivity contribution in [3.63, 3.8) is 0 Å². The summed E-state index contributed by atoms with van der Waals surface area (Å²) in [5, 5.41) is 18.8. The van der Waals surface area contributed by atoms with Gasteiger partial charge in [-0.15, -0.1) is 0 Å². The Labute approximate surface area is 208 Å². The Balaban J connectivity index is 1.26. The van der Waals surface area contributed by atoms with E-state index in [0.29, 0.717) is 17.7 Å². The van der Waals surface area contributed by atoms with Gasteiger partial charge in [-0.05, 0) is 31.5 Å². The molecule has 0 aliphatic carbocycles. The van der Waals surface area contributed by atoms with Crippen LogP contribution in [0.2, 0.25) is 0 Å². The van der Waals surface area contributed by atoms with Gasteiger partial charge in [-0.2, -0.15) is 10.2 Å². The summed E-state index contributed by atoms with van der Waals surface area (Å²) in [6, 6.07) is 3.28. The molecular formula is C24H21F3N6O4. The van der Waals surface area contributed by atoms with Crippen LogP contribution in [-0.2, 0) is 0 Å². The minimum Gasteiger partial charge on any atom is -0.483 e. The molecule has 2 amide bonds. The number of hydrazone groups is 1. The molecule has 2 aromatic heterocycles. The number of hydrogen-bond acceptors (Lipinski definition) is 6. The molecule has 0 radical (unpaired) electrons. The normalized spacial score (nSPS) is 17.3. The topological polar surface area (TPSA) is 113 Å². The molecule has 1 fully saturated rings. The number of pyridine rings is 1. The third kappa shape index (κ3) is 4.47. The second-order valence-electron chi connectivity index (χ2n) is 8.76. The van der Waals surface area contributed by atoms with E-state index in [0.717, 1.165) is 24.4 Å². The zero-order valence-electron chi connectivity index (χ0n) is 19.7. The predicted molar refractivity (Wildman–Crippen MR) is 123 cm³/mol. The van der Waals surface area contributed by atoms with Crippen LogP contribution in [0.25, 0.3) is 5.82 Å². The summed E-state index contributed by atoms with van der Waals surface area (Å²) < 4.78 is 48.8. The average Bonchev–Trinajstić information content (AvgIpc) is 3.40. The van der Waals surface area contributed by atoms with Crippen LogP contribution in [-0.4, -0.2) is 67.2 Å². The SMILES string of the molecule is Cc1nn(-c2cc(OC3CN(C(=O)N4N=CCC4c4cc(F)cc(F)c4)C3)c(F)cn2)c(C)c1C(=O)O. The number of likely N-dealkylation sites (tertiary alicyclic amines) is 1. The third-order valence-corrected chi connectivity index (χ3v) is 6.24. The number of carbonyl (C=O) groups excluding carboxylic acids is 1. The van der Waals surface area contributed by atoms with Crippen molar-refractivity contribution < 1.29 is 32.6 Å². The van der Waals surface area contributed by atoms with Crippen molar-refractivity contribution in [2.24, 2.45) is 5.10 Å². The molecule has 0 saturated carbocycles. The maximum absolute atomic E-state index is 14.4. The van der Waals surface area contributed by atoms with Gasteiger partial charge < -0.3 is 14.7 Å². The van der Waals surface area contributed by atoms with Gasteiger partial charge in [0.05, 0.1) is 36.7 Å². The van der Waals surface area contributed by atoms with Crippen molar-refractivity contribution in [1.82, 2.24) is 24.7 Å². The van der Waals surface area contributed by atoms with Gasteiger partial charge in [-0.25, -0.2) is 37.4 Å². The Morgan fingerprint density at radius 3 is 2.43 bits per heavy atom. The van der Waals surface area contributed by atoms with Gasteiger partial charge in [0.25, 0.3) is 0 Å². The second-order valence-corrected chi connectivity index (χ2v) is 8.76. The zero-order chi connectivity index (χ0) is 26.4. The molecule has 0 spiro atoms. The van der Waals surface area contributed by atoms with E-state index in [2.05, 4.69) is 15.2 Å². The van der Waals surface area contributed by atoms with Crippen molar-refractivity contribution in [2.75, 3.05) is 13.1 Å². The number of ether oxygens (including phenoxy) is 1. The average molecular weight is 514 g/mol. The molecule has 1 saturated heterocycles. The molecule has 37 heavy (non-hydrogen) atoms. The fraction of sp³-hybridized carbons (Fsp3) is 0.292. The van der Waals surface area contributed by atoms with E-state index in [1.165, 1.54) is 26.9 Å². The van der Waals surface area contributed by atoms with Gasteiger partial charge in [0, 0.05) is 24.8 Å². The Morgan fingerprint density at radius 1 is 1.08 bits per heavy atom. The van der Waals surface area contributed by atoms with Gasteiger partial charge in [0.1, 0.15) is 23.3 Å².